The zero-order valence-corrected chi connectivity index (χ0v) is 28.2. The maximum Gasteiger partial charge on any atom is 0.410 e. The van der Waals surface area contributed by atoms with Crippen LogP contribution < -0.4 is 15.2 Å². The standard InChI is InChI=1S/C35H36ClN5O5S/c1-21(25-6-5-7-28(31(25)36)45-24-12-16-40(17-13-24)34(43)46-35(2,3)4)44-29-19-30(47-32(29)33(37)42)41-20-39-26-18-23(8-9-27(26)41)22-10-14-38-15-11-22/h5-11,14-15,18-21,24H,12-13,16-17H2,1-4H3,(H2,37,42)/t21-/m1/s1. The number of nitrogens with zero attached hydrogens (tertiary/aromatic N) is 4. The van der Waals surface area contributed by atoms with E-state index in [1.54, 1.807) is 29.7 Å². The number of primary amides is 1. The van der Waals surface area contributed by atoms with E-state index in [4.69, 9.17) is 31.5 Å². The number of ether oxygens (including phenoxy) is 3. The minimum atomic E-state index is -0.589. The van der Waals surface area contributed by atoms with Crippen molar-refractivity contribution in [1.82, 2.24) is 19.4 Å². The maximum atomic E-state index is 12.5. The molecule has 244 valence electrons. The zero-order valence-electron chi connectivity index (χ0n) is 26.6. The van der Waals surface area contributed by atoms with Gasteiger partial charge in [-0.15, -0.1) is 11.3 Å². The molecular weight excluding hydrogens is 638 g/mol. The molecule has 4 heterocycles. The third kappa shape index (κ3) is 7.21. The molecule has 2 aromatic carbocycles. The Labute approximate surface area is 282 Å². The Bertz CT molecular complexity index is 1910. The number of rotatable bonds is 8. The number of thiophene rings is 1. The van der Waals surface area contributed by atoms with Crippen molar-refractivity contribution in [3.8, 4) is 27.6 Å². The van der Waals surface area contributed by atoms with E-state index < -0.39 is 17.6 Å². The van der Waals surface area contributed by atoms with Crippen molar-refractivity contribution >= 4 is 46.0 Å². The van der Waals surface area contributed by atoms with Gasteiger partial charge in [0.1, 0.15) is 45.5 Å². The van der Waals surface area contributed by atoms with Gasteiger partial charge in [0, 0.05) is 50.0 Å². The molecule has 1 atom stereocenters. The van der Waals surface area contributed by atoms with Crippen LogP contribution in [0.4, 0.5) is 4.79 Å². The Morgan fingerprint density at radius 2 is 1.77 bits per heavy atom. The number of aromatic nitrogens is 3. The van der Waals surface area contributed by atoms with Crippen LogP contribution in [0.5, 0.6) is 11.5 Å². The fourth-order valence-corrected chi connectivity index (χ4v) is 6.75. The first-order chi connectivity index (χ1) is 22.5. The van der Waals surface area contributed by atoms with E-state index in [2.05, 4.69) is 9.97 Å². The number of hydrogen-bond acceptors (Lipinski definition) is 8. The molecule has 0 unspecified atom stereocenters. The first kappa shape index (κ1) is 32.3. The molecule has 47 heavy (non-hydrogen) atoms. The van der Waals surface area contributed by atoms with Crippen LogP contribution in [0.1, 0.15) is 61.9 Å². The maximum absolute atomic E-state index is 12.5. The average Bonchev–Trinajstić information content (AvgIpc) is 3.66. The summed E-state index contributed by atoms with van der Waals surface area (Å²) in [5.41, 5.74) is 9.72. The molecule has 1 saturated heterocycles. The number of halogens is 1. The van der Waals surface area contributed by atoms with Crippen LogP contribution in [0.2, 0.25) is 5.02 Å². The second-order valence-corrected chi connectivity index (χ2v) is 13.8. The number of carbonyl (C=O) groups is 2. The summed E-state index contributed by atoms with van der Waals surface area (Å²) in [6, 6.07) is 17.3. The van der Waals surface area contributed by atoms with E-state index in [-0.39, 0.29) is 12.2 Å². The van der Waals surface area contributed by atoms with Crippen LogP contribution in [-0.2, 0) is 4.74 Å². The van der Waals surface area contributed by atoms with E-state index >= 15 is 0 Å². The number of fused-ring (bicyclic) bond motifs is 1. The van der Waals surface area contributed by atoms with Gasteiger partial charge >= 0.3 is 6.09 Å². The highest BCUT2D eigenvalue weighted by Crippen LogP contribution is 2.39. The predicted molar refractivity (Wildman–Crippen MR) is 183 cm³/mol. The summed E-state index contributed by atoms with van der Waals surface area (Å²) >= 11 is 8.09. The molecule has 3 aromatic heterocycles. The van der Waals surface area contributed by atoms with Crippen LogP contribution in [0.25, 0.3) is 27.2 Å². The Hall–Kier alpha value is -4.61. The summed E-state index contributed by atoms with van der Waals surface area (Å²) in [5, 5.41) is 1.16. The summed E-state index contributed by atoms with van der Waals surface area (Å²) in [6.45, 7) is 8.49. The highest BCUT2D eigenvalue weighted by Gasteiger charge is 2.29. The minimum absolute atomic E-state index is 0.107. The summed E-state index contributed by atoms with van der Waals surface area (Å²) in [4.78, 5) is 35.7. The average molecular weight is 674 g/mol. The van der Waals surface area contributed by atoms with Crippen LogP contribution in [0.3, 0.4) is 0 Å². The molecule has 2 amide bonds. The van der Waals surface area contributed by atoms with Crippen LogP contribution in [0.15, 0.2) is 73.3 Å². The van der Waals surface area contributed by atoms with Crippen LogP contribution >= 0.6 is 22.9 Å². The lowest BCUT2D eigenvalue weighted by molar-refractivity contribution is 0.0126. The minimum Gasteiger partial charge on any atom is -0.489 e. The van der Waals surface area contributed by atoms with Crippen molar-refractivity contribution in [2.24, 2.45) is 5.73 Å². The SMILES string of the molecule is C[C@@H](Oc1cc(-n2cnc3cc(-c4ccncc4)ccc32)sc1C(N)=O)c1cccc(OC2CCN(C(=O)OC(C)(C)C)CC2)c1Cl. The Kier molecular flexibility index (Phi) is 9.11. The topological polar surface area (TPSA) is 122 Å². The van der Waals surface area contributed by atoms with E-state index in [1.807, 2.05) is 80.8 Å². The summed E-state index contributed by atoms with van der Waals surface area (Å²) in [5.74, 6) is 0.304. The van der Waals surface area contributed by atoms with Gasteiger partial charge in [-0.3, -0.25) is 14.3 Å². The van der Waals surface area contributed by atoms with Gasteiger partial charge < -0.3 is 24.8 Å². The Morgan fingerprint density at radius 3 is 2.47 bits per heavy atom. The number of piperidine rings is 1. The van der Waals surface area contributed by atoms with Gasteiger partial charge in [0.25, 0.3) is 5.91 Å². The van der Waals surface area contributed by atoms with Gasteiger partial charge in [-0.25, -0.2) is 9.78 Å². The fraction of sp³-hybridized carbons (Fsp3) is 0.314. The largest absolute Gasteiger partial charge is 0.489 e. The molecule has 1 aliphatic heterocycles. The molecule has 1 fully saturated rings. The van der Waals surface area contributed by atoms with Crippen LogP contribution in [-0.4, -0.2) is 56.2 Å². The number of pyridine rings is 1. The van der Waals surface area contributed by atoms with E-state index in [1.165, 1.54) is 11.3 Å². The van der Waals surface area contributed by atoms with E-state index in [0.29, 0.717) is 52.9 Å². The normalized spacial score (nSPS) is 14.6. The van der Waals surface area contributed by atoms with Gasteiger partial charge in [0.15, 0.2) is 0 Å². The smallest absolute Gasteiger partial charge is 0.410 e. The summed E-state index contributed by atoms with van der Waals surface area (Å²) < 4.78 is 20.0. The summed E-state index contributed by atoms with van der Waals surface area (Å²) in [6.07, 6.45) is 5.60. The van der Waals surface area contributed by atoms with Gasteiger partial charge in [-0.2, -0.15) is 0 Å². The molecule has 0 aliphatic carbocycles. The van der Waals surface area contributed by atoms with Crippen molar-refractivity contribution in [1.29, 1.82) is 0 Å². The molecule has 0 bridgehead atoms. The molecule has 10 nitrogen and oxygen atoms in total. The van der Waals surface area contributed by atoms with Crippen molar-refractivity contribution in [3.05, 3.63) is 88.8 Å². The van der Waals surface area contributed by atoms with Gasteiger partial charge in [0.05, 0.1) is 16.1 Å². The third-order valence-corrected chi connectivity index (χ3v) is 9.36. The quantitative estimate of drug-likeness (QED) is 0.178. The molecule has 12 heteroatoms. The van der Waals surface area contributed by atoms with Crippen LogP contribution in [0, 0.1) is 0 Å². The molecule has 2 N–H and O–H groups in total. The number of carbonyl (C=O) groups excluding carboxylic acids is 2. The van der Waals surface area contributed by atoms with Gasteiger partial charge in [-0.1, -0.05) is 29.8 Å². The van der Waals surface area contributed by atoms with Gasteiger partial charge in [0.2, 0.25) is 0 Å². The molecule has 0 saturated carbocycles. The molecule has 6 rings (SSSR count). The highest BCUT2D eigenvalue weighted by atomic mass is 35.5. The third-order valence-electron chi connectivity index (χ3n) is 7.83. The second kappa shape index (κ2) is 13.2. The molecular formula is C35H36ClN5O5S. The Balaban J connectivity index is 1.17. The lowest BCUT2D eigenvalue weighted by atomic mass is 10.1. The first-order valence-corrected chi connectivity index (χ1v) is 16.6. The van der Waals surface area contributed by atoms with Crippen molar-refractivity contribution < 1.29 is 23.8 Å². The molecule has 1 aliphatic rings. The van der Waals surface area contributed by atoms with E-state index in [9.17, 15) is 9.59 Å². The number of likely N-dealkylation sites (tertiary alicyclic amines) is 1. The van der Waals surface area contributed by atoms with E-state index in [0.717, 1.165) is 27.2 Å². The second-order valence-electron chi connectivity index (χ2n) is 12.4. The monoisotopic (exact) mass is 673 g/mol. The molecule has 5 aromatic rings. The van der Waals surface area contributed by atoms with Crippen molar-refractivity contribution in [2.45, 2.75) is 58.3 Å². The number of nitrogens with two attached hydrogens (primary N) is 1. The number of benzene rings is 2. The lowest BCUT2D eigenvalue weighted by Crippen LogP contribution is -2.44. The number of hydrogen-bond donors (Lipinski definition) is 1. The number of amides is 2. The first-order valence-electron chi connectivity index (χ1n) is 15.4. The molecule has 0 spiro atoms. The highest BCUT2D eigenvalue weighted by molar-refractivity contribution is 7.16. The summed E-state index contributed by atoms with van der Waals surface area (Å²) in [7, 11) is 0. The van der Waals surface area contributed by atoms with Crippen molar-refractivity contribution in [2.75, 3.05) is 13.1 Å². The number of imidazole rings is 1. The van der Waals surface area contributed by atoms with Crippen molar-refractivity contribution in [3.63, 3.8) is 0 Å². The predicted octanol–water partition coefficient (Wildman–Crippen LogP) is 7.82. The zero-order chi connectivity index (χ0) is 33.3. The van der Waals surface area contributed by atoms with Gasteiger partial charge in [-0.05, 0) is 69.2 Å². The fourth-order valence-electron chi connectivity index (χ4n) is 5.50. The molecule has 0 radical (unpaired) electrons. The lowest BCUT2D eigenvalue weighted by Gasteiger charge is -2.33. The Morgan fingerprint density at radius 1 is 1.02 bits per heavy atom.